The van der Waals surface area contributed by atoms with Crippen molar-refractivity contribution in [2.45, 2.75) is 37.9 Å². The van der Waals surface area contributed by atoms with Gasteiger partial charge in [0, 0.05) is 5.92 Å². The molecule has 1 aliphatic carbocycles. The first-order valence-electron chi connectivity index (χ1n) is 4.12. The highest BCUT2D eigenvalue weighted by Gasteiger charge is 2.34. The lowest BCUT2D eigenvalue weighted by atomic mass is 9.89. The first-order valence-corrected chi connectivity index (χ1v) is 5.41. The molecule has 11 heavy (non-hydrogen) atoms. The van der Waals surface area contributed by atoms with Crippen LogP contribution in [-0.4, -0.2) is 10.7 Å². The molecule has 1 rings (SSSR count). The normalized spacial score (nSPS) is 24.7. The summed E-state index contributed by atoms with van der Waals surface area (Å²) < 4.78 is 10.6. The van der Waals surface area contributed by atoms with Crippen LogP contribution in [0.1, 0.15) is 32.1 Å². The van der Waals surface area contributed by atoms with Crippen LogP contribution >= 0.6 is 8.03 Å². The van der Waals surface area contributed by atoms with Gasteiger partial charge in [0.2, 0.25) is 5.78 Å². The Bertz CT molecular complexity index is 145. The second-order valence-corrected chi connectivity index (χ2v) is 4.39. The Morgan fingerprint density at radius 1 is 1.36 bits per heavy atom. The lowest BCUT2D eigenvalue weighted by Gasteiger charge is -2.19. The third kappa shape index (κ3) is 2.51. The number of rotatable bonds is 2. The fraction of sp³-hybridized carbons (Fsp3) is 1.00. The van der Waals surface area contributed by atoms with Crippen molar-refractivity contribution < 1.29 is 9.46 Å². The van der Waals surface area contributed by atoms with E-state index in [1.807, 2.05) is 0 Å². The fourth-order valence-electron chi connectivity index (χ4n) is 1.66. The summed E-state index contributed by atoms with van der Waals surface area (Å²) in [5.74, 6) is -0.192. The minimum atomic E-state index is -2.16. The minimum absolute atomic E-state index is 0.289. The maximum atomic E-state index is 10.6. The van der Waals surface area contributed by atoms with Crippen molar-refractivity contribution in [2.75, 3.05) is 0 Å². The molecule has 3 N–H and O–H groups in total. The number of hydrogen-bond donors (Lipinski definition) is 2. The molecule has 0 aromatic rings. The summed E-state index contributed by atoms with van der Waals surface area (Å²) in [6.07, 6.45) is 5.65. The molecule has 0 aromatic carbocycles. The van der Waals surface area contributed by atoms with E-state index in [9.17, 15) is 4.57 Å². The van der Waals surface area contributed by atoms with E-state index in [0.29, 0.717) is 0 Å². The molecular weight excluding hydrogens is 161 g/mol. The number of nitrogens with two attached hydrogens (primary N) is 1. The highest BCUT2D eigenvalue weighted by Crippen LogP contribution is 2.34. The van der Waals surface area contributed by atoms with E-state index in [0.717, 1.165) is 12.8 Å². The maximum Gasteiger partial charge on any atom is 0.524 e. The van der Waals surface area contributed by atoms with Crippen LogP contribution in [0.4, 0.5) is 0 Å². The number of hydrogen-bond acceptors (Lipinski definition) is 2. The zero-order valence-corrected chi connectivity index (χ0v) is 7.46. The maximum absolute atomic E-state index is 10.6. The van der Waals surface area contributed by atoms with E-state index in [-0.39, 0.29) is 5.92 Å². The second-order valence-electron chi connectivity index (χ2n) is 3.19. The molecule has 0 aromatic heterocycles. The SMILES string of the molecule is NC(C1CCCCC1)[P+](=O)O. The van der Waals surface area contributed by atoms with E-state index in [1.165, 1.54) is 19.3 Å². The fourth-order valence-corrected chi connectivity index (χ4v) is 2.31. The van der Waals surface area contributed by atoms with Gasteiger partial charge in [-0.2, -0.15) is 4.89 Å². The Morgan fingerprint density at radius 2 is 1.91 bits per heavy atom. The molecule has 1 saturated carbocycles. The zero-order valence-electron chi connectivity index (χ0n) is 6.57. The van der Waals surface area contributed by atoms with Gasteiger partial charge >= 0.3 is 8.03 Å². The topological polar surface area (TPSA) is 63.3 Å². The molecule has 2 unspecified atom stereocenters. The third-order valence-electron chi connectivity index (χ3n) is 2.39. The molecule has 0 saturated heterocycles. The van der Waals surface area contributed by atoms with E-state index >= 15 is 0 Å². The molecule has 0 spiro atoms. The molecule has 1 fully saturated rings. The molecule has 3 nitrogen and oxygen atoms in total. The van der Waals surface area contributed by atoms with Crippen molar-refractivity contribution in [3.8, 4) is 0 Å². The van der Waals surface area contributed by atoms with Gasteiger partial charge in [-0.05, 0) is 17.4 Å². The van der Waals surface area contributed by atoms with Gasteiger partial charge in [0.15, 0.2) is 0 Å². The van der Waals surface area contributed by atoms with Crippen molar-refractivity contribution in [3.05, 3.63) is 0 Å². The van der Waals surface area contributed by atoms with Crippen LogP contribution in [0, 0.1) is 5.92 Å². The first kappa shape index (κ1) is 9.11. The Labute approximate surface area is 67.8 Å². The molecule has 4 heteroatoms. The molecule has 0 aliphatic heterocycles. The van der Waals surface area contributed by atoms with Crippen LogP contribution in [0.2, 0.25) is 0 Å². The molecule has 0 radical (unpaired) electrons. The minimum Gasteiger partial charge on any atom is -0.285 e. The predicted octanol–water partition coefficient (Wildman–Crippen LogP) is 1.59. The summed E-state index contributed by atoms with van der Waals surface area (Å²) in [4.78, 5) is 8.76. The molecule has 64 valence electrons. The van der Waals surface area contributed by atoms with Crippen LogP contribution in [0.5, 0.6) is 0 Å². The van der Waals surface area contributed by atoms with Crippen molar-refractivity contribution in [1.29, 1.82) is 0 Å². The van der Waals surface area contributed by atoms with Crippen LogP contribution < -0.4 is 5.73 Å². The Kier molecular flexibility index (Phi) is 3.44. The smallest absolute Gasteiger partial charge is 0.285 e. The van der Waals surface area contributed by atoms with Crippen molar-refractivity contribution in [3.63, 3.8) is 0 Å². The van der Waals surface area contributed by atoms with E-state index in [4.69, 9.17) is 10.6 Å². The van der Waals surface area contributed by atoms with Crippen molar-refractivity contribution >= 4 is 8.03 Å². The quantitative estimate of drug-likeness (QED) is 0.628. The lowest BCUT2D eigenvalue weighted by Crippen LogP contribution is -2.28. The Balaban J connectivity index is 2.38. The van der Waals surface area contributed by atoms with Gasteiger partial charge < -0.3 is 0 Å². The predicted molar refractivity (Wildman–Crippen MR) is 44.4 cm³/mol. The van der Waals surface area contributed by atoms with Gasteiger partial charge in [0.1, 0.15) is 0 Å². The van der Waals surface area contributed by atoms with Crippen LogP contribution in [-0.2, 0) is 4.57 Å². The van der Waals surface area contributed by atoms with Gasteiger partial charge in [-0.25, -0.2) is 0 Å². The summed E-state index contributed by atoms with van der Waals surface area (Å²) >= 11 is 0. The highest BCUT2D eigenvalue weighted by atomic mass is 31.1. The third-order valence-corrected chi connectivity index (χ3v) is 3.32. The second kappa shape index (κ2) is 4.15. The summed E-state index contributed by atoms with van der Waals surface area (Å²) in [6.45, 7) is 0. The molecular formula is C7H15NO2P+. The average molecular weight is 176 g/mol. The molecule has 0 bridgehead atoms. The van der Waals surface area contributed by atoms with Gasteiger partial charge in [-0.3, -0.25) is 5.73 Å². The monoisotopic (exact) mass is 176 g/mol. The highest BCUT2D eigenvalue weighted by molar-refractivity contribution is 7.38. The summed E-state index contributed by atoms with van der Waals surface area (Å²) in [5.41, 5.74) is 5.56. The van der Waals surface area contributed by atoms with E-state index < -0.39 is 13.8 Å². The summed E-state index contributed by atoms with van der Waals surface area (Å²) in [5, 5.41) is 0. The zero-order chi connectivity index (χ0) is 8.27. The van der Waals surface area contributed by atoms with Crippen LogP contribution in [0.15, 0.2) is 0 Å². The Morgan fingerprint density at radius 3 is 2.36 bits per heavy atom. The van der Waals surface area contributed by atoms with Gasteiger partial charge in [0.25, 0.3) is 0 Å². The van der Waals surface area contributed by atoms with Crippen molar-refractivity contribution in [2.24, 2.45) is 11.7 Å². The summed E-state index contributed by atoms with van der Waals surface area (Å²) in [6, 6.07) is 0. The van der Waals surface area contributed by atoms with Gasteiger partial charge in [0.05, 0.1) is 0 Å². The van der Waals surface area contributed by atoms with Gasteiger partial charge in [-0.15, -0.1) is 0 Å². The summed E-state index contributed by atoms with van der Waals surface area (Å²) in [7, 11) is -2.16. The largest absolute Gasteiger partial charge is 0.524 e. The molecule has 2 atom stereocenters. The van der Waals surface area contributed by atoms with E-state index in [1.54, 1.807) is 0 Å². The van der Waals surface area contributed by atoms with Crippen molar-refractivity contribution in [1.82, 2.24) is 0 Å². The van der Waals surface area contributed by atoms with Crippen LogP contribution in [0.3, 0.4) is 0 Å². The molecule has 0 heterocycles. The Hall–Kier alpha value is 0.0200. The van der Waals surface area contributed by atoms with Gasteiger partial charge in [-0.1, -0.05) is 19.3 Å². The standard InChI is InChI=1S/C7H14NO2P/c8-7(11(9)10)6-4-2-1-3-5-6/h6-7H,1-5,8H2/p+1. The molecule has 0 amide bonds. The lowest BCUT2D eigenvalue weighted by molar-refractivity contribution is 0.334. The van der Waals surface area contributed by atoms with Crippen LogP contribution in [0.25, 0.3) is 0 Å². The van der Waals surface area contributed by atoms with E-state index in [2.05, 4.69) is 0 Å². The average Bonchev–Trinajstić information content (AvgIpc) is 2.05. The molecule has 1 aliphatic rings. The first-order chi connectivity index (χ1) is 5.22.